The Morgan fingerprint density at radius 1 is 1.08 bits per heavy atom. The summed E-state index contributed by atoms with van der Waals surface area (Å²) in [4.78, 5) is 4.41. The van der Waals surface area contributed by atoms with Crippen molar-refractivity contribution in [2.75, 3.05) is 32.2 Å². The van der Waals surface area contributed by atoms with Gasteiger partial charge in [0.15, 0.2) is 0 Å². The zero-order valence-electron chi connectivity index (χ0n) is 14.6. The van der Waals surface area contributed by atoms with Gasteiger partial charge in [-0.25, -0.2) is 4.98 Å². The molecule has 1 fully saturated rings. The molecule has 4 rings (SSSR count). The maximum Gasteiger partial charge on any atom is 0.137 e. The highest BCUT2D eigenvalue weighted by molar-refractivity contribution is 5.65. The van der Waals surface area contributed by atoms with Crippen LogP contribution in [0.3, 0.4) is 0 Å². The van der Waals surface area contributed by atoms with Gasteiger partial charge in [0.2, 0.25) is 0 Å². The van der Waals surface area contributed by atoms with Crippen LogP contribution in [0, 0.1) is 0 Å². The molecule has 26 heavy (non-hydrogen) atoms. The molecule has 0 radical (unpaired) electrons. The van der Waals surface area contributed by atoms with Crippen molar-refractivity contribution in [3.63, 3.8) is 0 Å². The van der Waals surface area contributed by atoms with E-state index in [9.17, 15) is 0 Å². The second-order valence-electron chi connectivity index (χ2n) is 6.39. The lowest BCUT2D eigenvalue weighted by molar-refractivity contribution is -0.0388. The lowest BCUT2D eigenvalue weighted by Crippen LogP contribution is -2.25. The fourth-order valence-electron chi connectivity index (χ4n) is 3.15. The van der Waals surface area contributed by atoms with Crippen LogP contribution in [0.5, 0.6) is 5.75 Å². The lowest BCUT2D eigenvalue weighted by atomic mass is 10.1. The minimum absolute atomic E-state index is 0.303. The van der Waals surface area contributed by atoms with Gasteiger partial charge in [0.1, 0.15) is 18.0 Å². The van der Waals surface area contributed by atoms with E-state index >= 15 is 0 Å². The molecule has 0 spiro atoms. The lowest BCUT2D eigenvalue weighted by Gasteiger charge is -2.22. The predicted molar refractivity (Wildman–Crippen MR) is 100 cm³/mol. The maximum absolute atomic E-state index is 5.89. The number of hydrogen-bond acceptors (Lipinski definition) is 5. The average molecular weight is 353 g/mol. The number of pyridine rings is 1. The van der Waals surface area contributed by atoms with E-state index in [0.29, 0.717) is 25.0 Å². The van der Waals surface area contributed by atoms with Crippen molar-refractivity contribution in [1.82, 2.24) is 9.38 Å². The van der Waals surface area contributed by atoms with Crippen molar-refractivity contribution >= 4 is 11.3 Å². The predicted octanol–water partition coefficient (Wildman–Crippen LogP) is 3.16. The number of aromatic nitrogens is 2. The van der Waals surface area contributed by atoms with Crippen LogP contribution < -0.4 is 10.5 Å². The van der Waals surface area contributed by atoms with E-state index in [4.69, 9.17) is 19.9 Å². The van der Waals surface area contributed by atoms with E-state index < -0.39 is 0 Å². The van der Waals surface area contributed by atoms with Crippen LogP contribution >= 0.6 is 0 Å². The minimum atomic E-state index is 0.303. The summed E-state index contributed by atoms with van der Waals surface area (Å²) in [6.45, 7) is 2.73. The Labute approximate surface area is 152 Å². The third-order valence-electron chi connectivity index (χ3n) is 4.55. The van der Waals surface area contributed by atoms with E-state index in [1.54, 1.807) is 0 Å². The van der Waals surface area contributed by atoms with Gasteiger partial charge >= 0.3 is 0 Å². The van der Waals surface area contributed by atoms with Crippen LogP contribution in [0.25, 0.3) is 16.9 Å². The Hall–Kier alpha value is -2.57. The second kappa shape index (κ2) is 7.76. The molecule has 0 amide bonds. The molecule has 6 heteroatoms. The number of imidazole rings is 1. The van der Waals surface area contributed by atoms with Crippen molar-refractivity contribution in [3.8, 4) is 17.0 Å². The van der Waals surface area contributed by atoms with Crippen LogP contribution in [0.15, 0.2) is 48.8 Å². The molecular weight excluding hydrogens is 330 g/mol. The Morgan fingerprint density at radius 2 is 1.88 bits per heavy atom. The van der Waals surface area contributed by atoms with Gasteiger partial charge in [0, 0.05) is 30.7 Å². The van der Waals surface area contributed by atoms with Crippen LogP contribution in [0.4, 0.5) is 5.69 Å². The normalized spacial score (nSPS) is 15.4. The van der Waals surface area contributed by atoms with Gasteiger partial charge in [-0.3, -0.25) is 4.40 Å². The third kappa shape index (κ3) is 3.81. The molecule has 0 atom stereocenters. The number of fused-ring (bicyclic) bond motifs is 1. The first-order chi connectivity index (χ1) is 12.8. The Kier molecular flexibility index (Phi) is 5.04. The molecule has 1 aliphatic heterocycles. The van der Waals surface area contributed by atoms with Gasteiger partial charge in [0.05, 0.1) is 24.6 Å². The Morgan fingerprint density at radius 3 is 2.69 bits per heavy atom. The molecule has 1 aliphatic rings. The van der Waals surface area contributed by atoms with Gasteiger partial charge in [0.25, 0.3) is 0 Å². The highest BCUT2D eigenvalue weighted by atomic mass is 16.5. The van der Waals surface area contributed by atoms with Gasteiger partial charge in [-0.15, -0.1) is 0 Å². The number of anilines is 1. The Bertz CT molecular complexity index is 854. The maximum atomic E-state index is 5.89. The van der Waals surface area contributed by atoms with E-state index in [2.05, 4.69) is 4.98 Å². The molecule has 3 aromatic rings. The molecular formula is C20H23N3O3. The van der Waals surface area contributed by atoms with Crippen LogP contribution in [-0.2, 0) is 9.47 Å². The van der Waals surface area contributed by atoms with Gasteiger partial charge in [-0.2, -0.15) is 0 Å². The number of nitrogen functional groups attached to an aromatic ring is 1. The molecule has 1 aromatic carbocycles. The molecule has 0 bridgehead atoms. The van der Waals surface area contributed by atoms with E-state index in [1.807, 2.05) is 53.2 Å². The first-order valence-electron chi connectivity index (χ1n) is 8.95. The molecule has 1 saturated heterocycles. The van der Waals surface area contributed by atoms with Crippen LogP contribution in [-0.4, -0.2) is 41.9 Å². The number of benzene rings is 1. The summed E-state index contributed by atoms with van der Waals surface area (Å²) in [5.41, 5.74) is 9.54. The van der Waals surface area contributed by atoms with Crippen LogP contribution in [0.1, 0.15) is 12.8 Å². The second-order valence-corrected chi connectivity index (χ2v) is 6.39. The molecule has 3 heterocycles. The largest absolute Gasteiger partial charge is 0.491 e. The molecule has 2 aromatic heterocycles. The van der Waals surface area contributed by atoms with E-state index in [1.165, 1.54) is 0 Å². The number of rotatable bonds is 6. The van der Waals surface area contributed by atoms with Gasteiger partial charge in [-0.05, 0) is 49.2 Å². The number of hydrogen-bond donors (Lipinski definition) is 1. The molecule has 0 saturated carbocycles. The number of nitrogens with two attached hydrogens (primary N) is 1. The summed E-state index contributed by atoms with van der Waals surface area (Å²) in [5.74, 6) is 0.831. The minimum Gasteiger partial charge on any atom is -0.491 e. The first kappa shape index (κ1) is 16.9. The quantitative estimate of drug-likeness (QED) is 0.689. The molecule has 136 valence electrons. The van der Waals surface area contributed by atoms with Crippen molar-refractivity contribution < 1.29 is 14.2 Å². The van der Waals surface area contributed by atoms with Gasteiger partial charge in [-0.1, -0.05) is 0 Å². The summed E-state index contributed by atoms with van der Waals surface area (Å²) in [7, 11) is 0. The van der Waals surface area contributed by atoms with Crippen molar-refractivity contribution in [2.24, 2.45) is 0 Å². The zero-order valence-corrected chi connectivity index (χ0v) is 14.6. The fourth-order valence-corrected chi connectivity index (χ4v) is 3.15. The third-order valence-corrected chi connectivity index (χ3v) is 4.55. The number of nitrogens with zero attached hydrogens (tertiary/aromatic N) is 2. The first-order valence-corrected chi connectivity index (χ1v) is 8.95. The molecule has 0 unspecified atom stereocenters. The summed E-state index contributed by atoms with van der Waals surface area (Å²) < 4.78 is 18.9. The fraction of sp³-hybridized carbons (Fsp3) is 0.350. The summed E-state index contributed by atoms with van der Waals surface area (Å²) in [5, 5.41) is 0. The van der Waals surface area contributed by atoms with Crippen molar-refractivity contribution in [1.29, 1.82) is 0 Å². The topological polar surface area (TPSA) is 71.0 Å². The summed E-state index contributed by atoms with van der Waals surface area (Å²) in [6.07, 6.45) is 5.98. The molecule has 0 aliphatic carbocycles. The number of ether oxygens (including phenoxy) is 3. The molecule has 2 N–H and O–H groups in total. The van der Waals surface area contributed by atoms with E-state index in [-0.39, 0.29) is 0 Å². The van der Waals surface area contributed by atoms with Crippen molar-refractivity contribution in [2.45, 2.75) is 18.9 Å². The average Bonchev–Trinajstić information content (AvgIpc) is 3.09. The molecule has 6 nitrogen and oxygen atoms in total. The SMILES string of the molecule is Nc1ccc2ncc(-c3ccc(OCCOC4CCOCC4)cc3)n2c1. The van der Waals surface area contributed by atoms with Crippen LogP contribution in [0.2, 0.25) is 0 Å². The standard InChI is InChI=1S/C20H23N3O3/c21-16-3-6-20-22-13-19(23(20)14-16)15-1-4-17(5-2-15)25-11-12-26-18-7-9-24-10-8-18/h1-6,13-14,18H,7-12,21H2. The summed E-state index contributed by atoms with van der Waals surface area (Å²) >= 11 is 0. The highest BCUT2D eigenvalue weighted by Gasteiger charge is 2.13. The Balaban J connectivity index is 1.35. The highest BCUT2D eigenvalue weighted by Crippen LogP contribution is 2.24. The summed E-state index contributed by atoms with van der Waals surface area (Å²) in [6, 6.07) is 11.8. The monoisotopic (exact) mass is 353 g/mol. The smallest absolute Gasteiger partial charge is 0.137 e. The van der Waals surface area contributed by atoms with Gasteiger partial charge < -0.3 is 19.9 Å². The van der Waals surface area contributed by atoms with E-state index in [0.717, 1.165) is 48.7 Å². The zero-order chi connectivity index (χ0) is 17.8. The van der Waals surface area contributed by atoms with Crippen molar-refractivity contribution in [3.05, 3.63) is 48.8 Å².